The lowest BCUT2D eigenvalue weighted by atomic mass is 10.1. The number of anilines is 2. The van der Waals surface area contributed by atoms with Crippen LogP contribution in [0.25, 0.3) is 21.5 Å². The number of nitrogen functional groups attached to an aromatic ring is 2. The normalized spacial score (nSPS) is 13.0. The molecule has 27 heteroatoms. The molecule has 0 saturated carbocycles. The van der Waals surface area contributed by atoms with Crippen molar-refractivity contribution in [2.45, 2.75) is 19.6 Å². The predicted molar refractivity (Wildman–Crippen MR) is 207 cm³/mol. The van der Waals surface area contributed by atoms with Crippen molar-refractivity contribution in [1.29, 1.82) is 0 Å². The average Bonchev–Trinajstić information content (AvgIpc) is 3.16. The maximum absolute atomic E-state index is 12.8. The largest absolute Gasteiger partial charge is 0.594 e. The summed E-state index contributed by atoms with van der Waals surface area (Å²) >= 11 is 0.294. The van der Waals surface area contributed by atoms with Gasteiger partial charge in [-0.05, 0) is 60.7 Å². The van der Waals surface area contributed by atoms with Crippen molar-refractivity contribution in [1.82, 2.24) is 0 Å². The molecule has 0 heterocycles. The van der Waals surface area contributed by atoms with Crippen LogP contribution in [0.15, 0.2) is 130 Å². The number of hydrogen-bond acceptors (Lipinski definition) is 20. The van der Waals surface area contributed by atoms with E-state index in [2.05, 4.69) is 34.9 Å². The fourth-order valence-electron chi connectivity index (χ4n) is 5.45. The first-order valence-electron chi connectivity index (χ1n) is 15.6. The van der Waals surface area contributed by atoms with Crippen molar-refractivity contribution >= 4 is 109 Å². The number of fused-ring (bicyclic) bond motifs is 2. The Labute approximate surface area is 335 Å². The number of aromatic hydroxyl groups is 2. The monoisotopic (exact) mass is 888 g/mol. The second-order valence-electron chi connectivity index (χ2n) is 11.7. The van der Waals surface area contributed by atoms with Gasteiger partial charge in [0.2, 0.25) is 5.69 Å². The van der Waals surface area contributed by atoms with Crippen molar-refractivity contribution in [3.8, 4) is 11.5 Å². The molecule has 0 aliphatic rings. The maximum atomic E-state index is 12.8. The van der Waals surface area contributed by atoms with Crippen molar-refractivity contribution in [2.75, 3.05) is 11.5 Å². The summed E-state index contributed by atoms with van der Waals surface area (Å²) in [5.74, 6) is -1.43. The topological polar surface area (TPSA) is 382 Å². The van der Waals surface area contributed by atoms with E-state index >= 15 is 0 Å². The fraction of sp³-hybridized carbons (Fsp3) is 0. The first-order valence-corrected chi connectivity index (χ1v) is 20.7. The third-order valence-corrected chi connectivity index (χ3v) is 11.4. The number of hydrogen-bond donors (Lipinski definition) is 8. The second kappa shape index (κ2) is 16.1. The number of azo groups is 3. The van der Waals surface area contributed by atoms with Gasteiger partial charge in [0, 0.05) is 28.0 Å². The van der Waals surface area contributed by atoms with E-state index in [0.29, 0.717) is 23.0 Å². The third-order valence-electron chi connectivity index (χ3n) is 8.10. The first kappa shape index (κ1) is 42.2. The molecule has 6 aromatic carbocycles. The minimum absolute atomic E-state index is 0.0613. The Morgan fingerprint density at radius 1 is 0.593 bits per heavy atom. The van der Waals surface area contributed by atoms with Crippen LogP contribution in [0.3, 0.4) is 0 Å². The molecule has 0 saturated heterocycles. The molecule has 0 aliphatic heterocycles. The van der Waals surface area contributed by atoms with Gasteiger partial charge in [0.1, 0.15) is 31.7 Å². The van der Waals surface area contributed by atoms with Crippen LogP contribution in [0.2, 0.25) is 0 Å². The number of nitrogens with two attached hydrogens (primary N) is 2. The molecule has 0 spiro atoms. The lowest BCUT2D eigenvalue weighted by molar-refractivity contribution is -0.435. The molecule has 10 N–H and O–H groups in total. The second-order valence-corrected chi connectivity index (χ2v) is 16.7. The maximum Gasteiger partial charge on any atom is 0.296 e. The summed E-state index contributed by atoms with van der Waals surface area (Å²) in [5, 5.41) is 65.1. The molecule has 0 unspecified atom stereocenters. The molecular weight excluding hydrogens is 865 g/mol. The fourth-order valence-corrected chi connectivity index (χ4v) is 8.14. The highest BCUT2D eigenvalue weighted by atomic mass is 32.2. The Balaban J connectivity index is 1.20. The number of nitrogens with zero attached hydrogens (tertiary/aromatic N) is 6. The highest BCUT2D eigenvalue weighted by molar-refractivity contribution is 7.94. The van der Waals surface area contributed by atoms with Gasteiger partial charge < -0.3 is 26.9 Å². The molecule has 0 bridgehead atoms. The van der Waals surface area contributed by atoms with Crippen LogP contribution < -0.4 is 11.5 Å². The summed E-state index contributed by atoms with van der Waals surface area (Å²) < 4.78 is 105. The zero-order valence-electron chi connectivity index (χ0n) is 28.9. The summed E-state index contributed by atoms with van der Waals surface area (Å²) in [6, 6.07) is 17.1. The standard InChI is InChI=1S/C32H24N8O15S4/c33-29-23(56-55-54-44)13-24(57(45,46)47)19-9-11-21(31(41)27(19)29)37-36-16-5-7-18(8-6-16)40(43)39-17-3-1-15(2-4-17)35-38-22-12-10-20-25(58(48,49)50)14-26(59(51,52)53)30(34)28(20)32(22)42/h1-14,41-42,44H,33-34H2,(H,45,46,47)(H,48,49,50)(H,51,52,53). The van der Waals surface area contributed by atoms with Gasteiger partial charge in [-0.1, -0.05) is 22.0 Å². The molecule has 6 aromatic rings. The minimum atomic E-state index is -5.10. The Hall–Kier alpha value is -6.40. The average molecular weight is 889 g/mol. The van der Waals surface area contributed by atoms with Gasteiger partial charge in [-0.3, -0.25) is 13.7 Å². The van der Waals surface area contributed by atoms with E-state index in [9.17, 15) is 54.3 Å². The van der Waals surface area contributed by atoms with E-state index in [1.807, 2.05) is 0 Å². The van der Waals surface area contributed by atoms with Crippen LogP contribution in [-0.2, 0) is 39.7 Å². The highest BCUT2D eigenvalue weighted by Crippen LogP contribution is 2.46. The predicted octanol–water partition coefficient (Wildman–Crippen LogP) is 7.49. The van der Waals surface area contributed by atoms with Gasteiger partial charge >= 0.3 is 0 Å². The smallest absolute Gasteiger partial charge is 0.296 e. The lowest BCUT2D eigenvalue weighted by Gasteiger charge is -2.13. The zero-order chi connectivity index (χ0) is 43.0. The molecule has 23 nitrogen and oxygen atoms in total. The summed E-state index contributed by atoms with van der Waals surface area (Å²) in [6.07, 6.45) is 0. The van der Waals surface area contributed by atoms with E-state index in [4.69, 9.17) is 16.7 Å². The quantitative estimate of drug-likeness (QED) is 0.0112. The van der Waals surface area contributed by atoms with Crippen LogP contribution in [-0.4, -0.2) is 59.2 Å². The summed E-state index contributed by atoms with van der Waals surface area (Å²) in [5.41, 5.74) is 11.2. The van der Waals surface area contributed by atoms with E-state index in [-0.39, 0.29) is 60.9 Å². The number of rotatable bonds is 12. The Morgan fingerprint density at radius 2 is 1.03 bits per heavy atom. The molecule has 59 heavy (non-hydrogen) atoms. The van der Waals surface area contributed by atoms with Gasteiger partial charge in [0.25, 0.3) is 30.4 Å². The molecule has 306 valence electrons. The molecule has 0 amide bonds. The molecular formula is C32H24N8O15S4. The first-order chi connectivity index (χ1) is 27.7. The Kier molecular flexibility index (Phi) is 11.5. The van der Waals surface area contributed by atoms with Gasteiger partial charge in [-0.15, -0.1) is 14.6 Å². The van der Waals surface area contributed by atoms with Crippen LogP contribution in [0.1, 0.15) is 0 Å². The van der Waals surface area contributed by atoms with E-state index in [1.54, 1.807) is 0 Å². The molecule has 6 rings (SSSR count). The van der Waals surface area contributed by atoms with Gasteiger partial charge in [0.15, 0.2) is 11.5 Å². The molecule has 0 fully saturated rings. The van der Waals surface area contributed by atoms with Gasteiger partial charge in [0.05, 0.1) is 50.5 Å². The van der Waals surface area contributed by atoms with Gasteiger partial charge in [-0.25, -0.2) is 5.26 Å². The van der Waals surface area contributed by atoms with Crippen molar-refractivity contribution in [3.05, 3.63) is 90.1 Å². The molecule has 0 atom stereocenters. The van der Waals surface area contributed by atoms with Crippen LogP contribution in [0, 0.1) is 5.21 Å². The summed E-state index contributed by atoms with van der Waals surface area (Å²) in [7, 11) is -15.0. The lowest BCUT2D eigenvalue weighted by Crippen LogP contribution is -2.08. The number of phenolic OH excluding ortho intramolecular Hbond substituents is 2. The van der Waals surface area contributed by atoms with E-state index in [1.165, 1.54) is 60.7 Å². The summed E-state index contributed by atoms with van der Waals surface area (Å²) in [4.78, 5) is -2.52. The minimum Gasteiger partial charge on any atom is -0.594 e. The van der Waals surface area contributed by atoms with Crippen molar-refractivity contribution in [2.24, 2.45) is 25.6 Å². The SMILES string of the molecule is Nc1c(SOOO)cc(S(=O)(=O)O)c2ccc(N=Nc3ccc([N+]([O-])=Nc4ccc(N=Nc5ccc6c(S(=O)(=O)O)cc(S(=O)(=O)O)c(N)c6c5O)cc4)cc3)c(O)c12. The summed E-state index contributed by atoms with van der Waals surface area (Å²) in [6.45, 7) is 0. The third kappa shape index (κ3) is 8.87. The van der Waals surface area contributed by atoms with E-state index in [0.717, 1.165) is 18.2 Å². The molecule has 0 aliphatic carbocycles. The number of benzene rings is 6. The molecule has 0 aromatic heterocycles. The van der Waals surface area contributed by atoms with E-state index < -0.39 is 67.6 Å². The van der Waals surface area contributed by atoms with Gasteiger partial charge in [-0.2, -0.15) is 35.5 Å². The van der Waals surface area contributed by atoms with Crippen molar-refractivity contribution in [3.63, 3.8) is 0 Å². The number of phenols is 2. The van der Waals surface area contributed by atoms with Crippen LogP contribution in [0.5, 0.6) is 11.5 Å². The highest BCUT2D eigenvalue weighted by Gasteiger charge is 2.27. The van der Waals surface area contributed by atoms with Crippen LogP contribution >= 0.6 is 12.0 Å². The van der Waals surface area contributed by atoms with Crippen LogP contribution in [0.4, 0.5) is 45.5 Å². The van der Waals surface area contributed by atoms with Crippen molar-refractivity contribution < 1.29 is 68.6 Å². The molecule has 0 radical (unpaired) electrons. The Morgan fingerprint density at radius 3 is 1.51 bits per heavy atom. The Bertz CT molecular complexity index is 3110. The zero-order valence-corrected chi connectivity index (χ0v) is 32.2.